The molecule has 2 unspecified atom stereocenters. The molecule has 1 saturated carbocycles. The first-order chi connectivity index (χ1) is 9.17. The molecule has 19 heavy (non-hydrogen) atoms. The summed E-state index contributed by atoms with van der Waals surface area (Å²) in [5, 5.41) is 9.41. The lowest BCUT2D eigenvalue weighted by atomic mass is 9.61. The molecule has 104 valence electrons. The number of furan rings is 1. The second kappa shape index (κ2) is 4.94. The van der Waals surface area contributed by atoms with Gasteiger partial charge in [-0.1, -0.05) is 0 Å². The summed E-state index contributed by atoms with van der Waals surface area (Å²) < 4.78 is 27.2. The zero-order chi connectivity index (χ0) is 14.1. The minimum absolute atomic E-state index is 0.428. The van der Waals surface area contributed by atoms with E-state index in [2.05, 4.69) is 6.07 Å². The molecule has 0 N–H and O–H groups in total. The Morgan fingerprint density at radius 3 is 2.05 bits per heavy atom. The average molecular weight is 267 g/mol. The fourth-order valence-corrected chi connectivity index (χ4v) is 3.00. The van der Waals surface area contributed by atoms with Gasteiger partial charge in [0.05, 0.1) is 18.3 Å². The normalized spacial score (nSPS) is 27.5. The van der Waals surface area contributed by atoms with Gasteiger partial charge in [0.25, 0.3) is 0 Å². The molecule has 1 aliphatic rings. The maximum atomic E-state index is 9.41. The molecular weight excluding hydrogens is 250 g/mol. The second-order valence-corrected chi connectivity index (χ2v) is 4.25. The van der Waals surface area contributed by atoms with Gasteiger partial charge in [-0.25, -0.2) is 0 Å². The van der Waals surface area contributed by atoms with E-state index in [0.717, 1.165) is 0 Å². The van der Waals surface area contributed by atoms with Crippen molar-refractivity contribution >= 4 is 0 Å². The summed E-state index contributed by atoms with van der Waals surface area (Å²) in [6.07, 6.45) is 1.54. The van der Waals surface area contributed by atoms with Crippen LogP contribution < -0.4 is 0 Å². The molecule has 0 amide bonds. The number of methoxy groups -OCH3 is 4. The Hall–Kier alpha value is -1.39. The van der Waals surface area contributed by atoms with Crippen molar-refractivity contribution in [1.29, 1.82) is 5.26 Å². The van der Waals surface area contributed by atoms with Crippen molar-refractivity contribution in [3.05, 3.63) is 24.2 Å². The molecule has 6 nitrogen and oxygen atoms in total. The monoisotopic (exact) mass is 267 g/mol. The van der Waals surface area contributed by atoms with E-state index in [9.17, 15) is 5.26 Å². The van der Waals surface area contributed by atoms with E-state index in [4.69, 9.17) is 23.4 Å². The van der Waals surface area contributed by atoms with Gasteiger partial charge in [-0.2, -0.15) is 5.26 Å². The minimum atomic E-state index is -1.29. The summed E-state index contributed by atoms with van der Waals surface area (Å²) in [7, 11) is 5.89. The van der Waals surface area contributed by atoms with E-state index in [1.54, 1.807) is 18.4 Å². The highest BCUT2D eigenvalue weighted by molar-refractivity contribution is 5.30. The van der Waals surface area contributed by atoms with E-state index in [1.807, 2.05) is 0 Å². The predicted molar refractivity (Wildman–Crippen MR) is 64.1 cm³/mol. The summed E-state index contributed by atoms with van der Waals surface area (Å²) in [5.41, 5.74) is 0. The minimum Gasteiger partial charge on any atom is -0.469 e. The van der Waals surface area contributed by atoms with Crippen LogP contribution in [0.25, 0.3) is 0 Å². The molecule has 6 heteroatoms. The average Bonchev–Trinajstić information content (AvgIpc) is 2.94. The van der Waals surface area contributed by atoms with Crippen LogP contribution in [0.3, 0.4) is 0 Å². The summed E-state index contributed by atoms with van der Waals surface area (Å²) >= 11 is 0. The van der Waals surface area contributed by atoms with Crippen LogP contribution in [-0.2, 0) is 18.9 Å². The maximum Gasteiger partial charge on any atom is 0.241 e. The summed E-state index contributed by atoms with van der Waals surface area (Å²) in [6, 6.07) is 5.71. The van der Waals surface area contributed by atoms with Gasteiger partial charge in [0.1, 0.15) is 11.7 Å². The van der Waals surface area contributed by atoms with Gasteiger partial charge in [-0.15, -0.1) is 0 Å². The molecule has 1 aliphatic carbocycles. The van der Waals surface area contributed by atoms with E-state index in [0.29, 0.717) is 5.76 Å². The molecule has 2 rings (SSSR count). The zero-order valence-electron chi connectivity index (χ0n) is 11.4. The van der Waals surface area contributed by atoms with Crippen LogP contribution >= 0.6 is 0 Å². The lowest BCUT2D eigenvalue weighted by Crippen LogP contribution is -2.77. The van der Waals surface area contributed by atoms with Crippen LogP contribution in [-0.4, -0.2) is 40.0 Å². The third-order valence-corrected chi connectivity index (χ3v) is 3.84. The first-order valence-electron chi connectivity index (χ1n) is 5.81. The van der Waals surface area contributed by atoms with Crippen molar-refractivity contribution in [2.24, 2.45) is 5.92 Å². The number of nitriles is 1. The molecule has 0 spiro atoms. The molecule has 1 heterocycles. The Labute approximate surface area is 111 Å². The van der Waals surface area contributed by atoms with Gasteiger partial charge in [0, 0.05) is 28.4 Å². The van der Waals surface area contributed by atoms with Gasteiger partial charge in [-0.05, 0) is 12.1 Å². The highest BCUT2D eigenvalue weighted by atomic mass is 16.8. The van der Waals surface area contributed by atoms with Gasteiger partial charge in [0.15, 0.2) is 0 Å². The van der Waals surface area contributed by atoms with Crippen molar-refractivity contribution in [3.8, 4) is 6.07 Å². The van der Waals surface area contributed by atoms with Gasteiger partial charge in [-0.3, -0.25) is 0 Å². The number of nitrogens with zero attached hydrogens (tertiary/aromatic N) is 1. The highest BCUT2D eigenvalue weighted by Gasteiger charge is 2.78. The summed E-state index contributed by atoms with van der Waals surface area (Å²) in [4.78, 5) is 0. The van der Waals surface area contributed by atoms with Crippen LogP contribution in [0.2, 0.25) is 0 Å². The number of hydrogen-bond donors (Lipinski definition) is 0. The van der Waals surface area contributed by atoms with Crippen molar-refractivity contribution < 1.29 is 23.4 Å². The zero-order valence-corrected chi connectivity index (χ0v) is 11.4. The first-order valence-corrected chi connectivity index (χ1v) is 5.81. The fraction of sp³-hybridized carbons (Fsp3) is 0.615. The van der Waals surface area contributed by atoms with E-state index < -0.39 is 23.4 Å². The fourth-order valence-electron chi connectivity index (χ4n) is 3.00. The Morgan fingerprint density at radius 2 is 1.68 bits per heavy atom. The Balaban J connectivity index is 2.52. The van der Waals surface area contributed by atoms with E-state index >= 15 is 0 Å². The lowest BCUT2D eigenvalue weighted by molar-refractivity contribution is -0.466. The van der Waals surface area contributed by atoms with Crippen molar-refractivity contribution in [2.75, 3.05) is 28.4 Å². The Morgan fingerprint density at radius 1 is 1.11 bits per heavy atom. The lowest BCUT2D eigenvalue weighted by Gasteiger charge is -2.60. The third kappa shape index (κ3) is 1.50. The molecular formula is C13H17NO5. The van der Waals surface area contributed by atoms with Gasteiger partial charge >= 0.3 is 0 Å². The molecule has 1 aromatic rings. The van der Waals surface area contributed by atoms with Crippen LogP contribution in [0.15, 0.2) is 22.8 Å². The number of hydrogen-bond acceptors (Lipinski definition) is 6. The molecule has 1 fully saturated rings. The number of ether oxygens (including phenoxy) is 4. The van der Waals surface area contributed by atoms with Crippen LogP contribution in [0.1, 0.15) is 11.7 Å². The van der Waals surface area contributed by atoms with E-state index in [-0.39, 0.29) is 0 Å². The van der Waals surface area contributed by atoms with Crippen molar-refractivity contribution in [2.45, 2.75) is 17.5 Å². The Kier molecular flexibility index (Phi) is 3.65. The Bertz CT molecular complexity index is 456. The van der Waals surface area contributed by atoms with E-state index in [1.165, 1.54) is 28.4 Å². The first kappa shape index (κ1) is 14.0. The van der Waals surface area contributed by atoms with Crippen molar-refractivity contribution in [3.63, 3.8) is 0 Å². The van der Waals surface area contributed by atoms with Gasteiger partial charge < -0.3 is 23.4 Å². The second-order valence-electron chi connectivity index (χ2n) is 4.25. The van der Waals surface area contributed by atoms with Crippen molar-refractivity contribution in [1.82, 2.24) is 0 Å². The smallest absolute Gasteiger partial charge is 0.241 e. The molecule has 0 radical (unpaired) electrons. The predicted octanol–water partition coefficient (Wildman–Crippen LogP) is 1.49. The quantitative estimate of drug-likeness (QED) is 0.752. The highest BCUT2D eigenvalue weighted by Crippen LogP contribution is 2.61. The van der Waals surface area contributed by atoms with Crippen LogP contribution in [0, 0.1) is 17.2 Å². The van der Waals surface area contributed by atoms with Gasteiger partial charge in [0.2, 0.25) is 11.6 Å². The topological polar surface area (TPSA) is 73.9 Å². The molecule has 2 atom stereocenters. The largest absolute Gasteiger partial charge is 0.469 e. The van der Waals surface area contributed by atoms with Crippen LogP contribution in [0.4, 0.5) is 0 Å². The summed E-state index contributed by atoms with van der Waals surface area (Å²) in [5.74, 6) is -2.95. The molecule has 0 bridgehead atoms. The molecule has 0 aromatic carbocycles. The maximum absolute atomic E-state index is 9.41. The third-order valence-electron chi connectivity index (χ3n) is 3.84. The SMILES string of the molecule is COC1(OC)C(C#N)C(c2ccco2)C1(OC)OC. The summed E-state index contributed by atoms with van der Waals surface area (Å²) in [6.45, 7) is 0. The molecule has 0 aliphatic heterocycles. The standard InChI is InChI=1S/C13H17NO5/c1-15-12(16-2)9(8-14)11(10-6-5-7-19-10)13(12,17-3)18-4/h5-7,9,11H,1-4H3. The molecule has 1 aromatic heterocycles. The number of rotatable bonds is 5. The molecule has 0 saturated heterocycles. The van der Waals surface area contributed by atoms with Crippen LogP contribution in [0.5, 0.6) is 0 Å².